The fraction of sp³-hybridized carbons (Fsp3) is 0.200. The van der Waals surface area contributed by atoms with E-state index < -0.39 is 0 Å². The van der Waals surface area contributed by atoms with Crippen molar-refractivity contribution in [3.8, 4) is 11.5 Å². The van der Waals surface area contributed by atoms with Crippen LogP contribution >= 0.6 is 0 Å². The molecular formula is C15H14FNO2. The van der Waals surface area contributed by atoms with Crippen LogP contribution < -0.4 is 15.2 Å². The first-order valence-corrected chi connectivity index (χ1v) is 6.14. The van der Waals surface area contributed by atoms with Gasteiger partial charge in [-0.2, -0.15) is 0 Å². The van der Waals surface area contributed by atoms with Gasteiger partial charge in [-0.1, -0.05) is 0 Å². The third-order valence-corrected chi connectivity index (χ3v) is 3.08. The number of nitrogens with two attached hydrogens (primary N) is 1. The molecule has 2 N–H and O–H groups in total. The number of anilines is 1. The third-order valence-electron chi connectivity index (χ3n) is 3.08. The van der Waals surface area contributed by atoms with E-state index >= 15 is 0 Å². The van der Waals surface area contributed by atoms with Gasteiger partial charge in [-0.15, -0.1) is 0 Å². The van der Waals surface area contributed by atoms with Gasteiger partial charge in [-0.05, 0) is 42.5 Å². The summed E-state index contributed by atoms with van der Waals surface area (Å²) >= 11 is 0. The Morgan fingerprint density at radius 3 is 2.79 bits per heavy atom. The first kappa shape index (κ1) is 11.8. The molecule has 0 aliphatic carbocycles. The molecule has 0 spiro atoms. The monoisotopic (exact) mass is 259 g/mol. The normalized spacial score (nSPS) is 16.8. The number of hydrogen-bond acceptors (Lipinski definition) is 3. The lowest BCUT2D eigenvalue weighted by atomic mass is 10.1. The molecule has 0 amide bonds. The van der Waals surface area contributed by atoms with E-state index in [1.54, 1.807) is 18.2 Å². The summed E-state index contributed by atoms with van der Waals surface area (Å²) in [5, 5.41) is 0. The van der Waals surface area contributed by atoms with Gasteiger partial charge < -0.3 is 15.2 Å². The molecule has 0 bridgehead atoms. The van der Waals surface area contributed by atoms with E-state index in [4.69, 9.17) is 15.2 Å². The number of nitrogen functional groups attached to an aromatic ring is 1. The van der Waals surface area contributed by atoms with Crippen LogP contribution in [0.3, 0.4) is 0 Å². The van der Waals surface area contributed by atoms with E-state index in [-0.39, 0.29) is 11.9 Å². The summed E-state index contributed by atoms with van der Waals surface area (Å²) in [6.07, 6.45) is 0.594. The molecule has 2 aromatic carbocycles. The Labute approximate surface area is 110 Å². The molecule has 1 aliphatic rings. The van der Waals surface area contributed by atoms with Gasteiger partial charge in [0.05, 0.1) is 0 Å². The van der Waals surface area contributed by atoms with E-state index in [2.05, 4.69) is 0 Å². The van der Waals surface area contributed by atoms with Crippen molar-refractivity contribution in [3.63, 3.8) is 0 Å². The van der Waals surface area contributed by atoms with Crippen molar-refractivity contribution in [2.45, 2.75) is 12.5 Å². The van der Waals surface area contributed by atoms with Gasteiger partial charge in [0, 0.05) is 17.7 Å². The second-order valence-electron chi connectivity index (χ2n) is 4.58. The summed E-state index contributed by atoms with van der Waals surface area (Å²) in [5.74, 6) is 1.26. The van der Waals surface area contributed by atoms with Gasteiger partial charge in [-0.3, -0.25) is 0 Å². The van der Waals surface area contributed by atoms with Gasteiger partial charge in [0.2, 0.25) is 0 Å². The maximum atomic E-state index is 13.1. The molecule has 1 heterocycles. The highest BCUT2D eigenvalue weighted by molar-refractivity contribution is 5.41. The number of hydrogen-bond donors (Lipinski definition) is 1. The lowest BCUT2D eigenvalue weighted by Gasteiger charge is -2.12. The third kappa shape index (κ3) is 2.62. The Morgan fingerprint density at radius 2 is 2.00 bits per heavy atom. The van der Waals surface area contributed by atoms with E-state index in [9.17, 15) is 4.39 Å². The van der Waals surface area contributed by atoms with Crippen LogP contribution in [0.15, 0.2) is 42.5 Å². The molecule has 0 radical (unpaired) electrons. The second kappa shape index (κ2) is 4.80. The molecule has 1 atom stereocenters. The molecule has 0 saturated heterocycles. The highest BCUT2D eigenvalue weighted by Gasteiger charge is 2.23. The fourth-order valence-corrected chi connectivity index (χ4v) is 2.14. The molecule has 0 aromatic heterocycles. The van der Waals surface area contributed by atoms with Crippen molar-refractivity contribution in [3.05, 3.63) is 53.8 Å². The van der Waals surface area contributed by atoms with E-state index in [1.807, 2.05) is 12.1 Å². The minimum atomic E-state index is -0.234. The molecule has 19 heavy (non-hydrogen) atoms. The van der Waals surface area contributed by atoms with Gasteiger partial charge in [-0.25, -0.2) is 4.39 Å². The Hall–Kier alpha value is -2.23. The summed E-state index contributed by atoms with van der Waals surface area (Å²) in [6.45, 7) is 0.431. The van der Waals surface area contributed by atoms with Crippen LogP contribution in [0.1, 0.15) is 5.56 Å². The highest BCUT2D eigenvalue weighted by Crippen LogP contribution is 2.29. The smallest absolute Gasteiger partial charge is 0.137 e. The zero-order valence-corrected chi connectivity index (χ0v) is 10.3. The Morgan fingerprint density at radius 1 is 1.21 bits per heavy atom. The SMILES string of the molecule is Nc1ccc(OCC2Cc3cc(F)ccc3O2)cc1. The molecule has 2 aromatic rings. The second-order valence-corrected chi connectivity index (χ2v) is 4.58. The quantitative estimate of drug-likeness (QED) is 0.862. The summed E-state index contributed by atoms with van der Waals surface area (Å²) < 4.78 is 24.4. The van der Waals surface area contributed by atoms with Crippen LogP contribution in [-0.2, 0) is 6.42 Å². The van der Waals surface area contributed by atoms with Gasteiger partial charge in [0.15, 0.2) is 0 Å². The van der Waals surface area contributed by atoms with Gasteiger partial charge in [0.1, 0.15) is 30.0 Å². The standard InChI is InChI=1S/C15H14FNO2/c16-11-1-6-15-10(7-11)8-14(19-15)9-18-13-4-2-12(17)3-5-13/h1-7,14H,8-9,17H2. The lowest BCUT2D eigenvalue weighted by molar-refractivity contribution is 0.148. The van der Waals surface area contributed by atoms with Crippen LogP contribution in [0.5, 0.6) is 11.5 Å². The molecule has 0 saturated carbocycles. The Balaban J connectivity index is 1.60. The molecular weight excluding hydrogens is 245 g/mol. The van der Waals surface area contributed by atoms with Crippen LogP contribution in [0.4, 0.5) is 10.1 Å². The molecule has 4 heteroatoms. The first-order chi connectivity index (χ1) is 9.20. The molecule has 0 fully saturated rings. The minimum Gasteiger partial charge on any atom is -0.490 e. The number of halogens is 1. The minimum absolute atomic E-state index is 0.0747. The van der Waals surface area contributed by atoms with E-state index in [0.29, 0.717) is 18.7 Å². The van der Waals surface area contributed by atoms with Crippen molar-refractivity contribution in [2.24, 2.45) is 0 Å². The summed E-state index contributed by atoms with van der Waals surface area (Å²) in [5.41, 5.74) is 7.20. The maximum Gasteiger partial charge on any atom is 0.137 e. The summed E-state index contributed by atoms with van der Waals surface area (Å²) in [6, 6.07) is 11.8. The Kier molecular flexibility index (Phi) is 2.99. The predicted molar refractivity (Wildman–Crippen MR) is 70.9 cm³/mol. The van der Waals surface area contributed by atoms with Gasteiger partial charge >= 0.3 is 0 Å². The predicted octanol–water partition coefficient (Wildman–Crippen LogP) is 2.79. The molecule has 98 valence electrons. The van der Waals surface area contributed by atoms with Crippen molar-refractivity contribution in [2.75, 3.05) is 12.3 Å². The van der Waals surface area contributed by atoms with Crippen molar-refractivity contribution < 1.29 is 13.9 Å². The fourth-order valence-electron chi connectivity index (χ4n) is 2.14. The maximum absolute atomic E-state index is 13.1. The average Bonchev–Trinajstić information content (AvgIpc) is 2.80. The van der Waals surface area contributed by atoms with Crippen molar-refractivity contribution in [1.82, 2.24) is 0 Å². The van der Waals surface area contributed by atoms with Crippen LogP contribution in [0, 0.1) is 5.82 Å². The van der Waals surface area contributed by atoms with Crippen LogP contribution in [0.25, 0.3) is 0 Å². The van der Waals surface area contributed by atoms with E-state index in [1.165, 1.54) is 12.1 Å². The largest absolute Gasteiger partial charge is 0.490 e. The number of benzene rings is 2. The highest BCUT2D eigenvalue weighted by atomic mass is 19.1. The molecule has 3 rings (SSSR count). The first-order valence-electron chi connectivity index (χ1n) is 6.14. The topological polar surface area (TPSA) is 44.5 Å². The number of rotatable bonds is 3. The van der Waals surface area contributed by atoms with E-state index in [0.717, 1.165) is 17.1 Å². The summed E-state index contributed by atoms with van der Waals surface area (Å²) in [4.78, 5) is 0. The molecule has 1 unspecified atom stereocenters. The zero-order valence-electron chi connectivity index (χ0n) is 10.3. The van der Waals surface area contributed by atoms with Crippen LogP contribution in [0.2, 0.25) is 0 Å². The lowest BCUT2D eigenvalue weighted by Crippen LogP contribution is -2.22. The number of fused-ring (bicyclic) bond motifs is 1. The zero-order chi connectivity index (χ0) is 13.2. The molecule has 3 nitrogen and oxygen atoms in total. The van der Waals surface area contributed by atoms with Crippen molar-refractivity contribution in [1.29, 1.82) is 0 Å². The molecule has 1 aliphatic heterocycles. The Bertz CT molecular complexity index is 583. The van der Waals surface area contributed by atoms with Crippen molar-refractivity contribution >= 4 is 5.69 Å². The summed E-state index contributed by atoms with van der Waals surface area (Å²) in [7, 11) is 0. The van der Waals surface area contributed by atoms with Gasteiger partial charge in [0.25, 0.3) is 0 Å². The average molecular weight is 259 g/mol. The van der Waals surface area contributed by atoms with Crippen LogP contribution in [-0.4, -0.2) is 12.7 Å². The number of ether oxygens (including phenoxy) is 2.